The summed E-state index contributed by atoms with van der Waals surface area (Å²) in [5.41, 5.74) is 2.11. The second kappa shape index (κ2) is 7.61. The van der Waals surface area contributed by atoms with E-state index in [2.05, 4.69) is 37.6 Å². The van der Waals surface area contributed by atoms with E-state index in [4.69, 9.17) is 0 Å². The first-order valence-corrected chi connectivity index (χ1v) is 9.61. The Morgan fingerprint density at radius 1 is 1.25 bits per heavy atom. The average molecular weight is 345 g/mol. The number of nitrogens with one attached hydrogen (secondary N) is 2. The zero-order chi connectivity index (χ0) is 16.9. The highest BCUT2D eigenvalue weighted by molar-refractivity contribution is 7.84. The lowest BCUT2D eigenvalue weighted by molar-refractivity contribution is 0.674. The fraction of sp³-hybridized carbons (Fsp3) is 0.412. The van der Waals surface area contributed by atoms with E-state index in [-0.39, 0.29) is 0 Å². The molecule has 1 unspecified atom stereocenters. The summed E-state index contributed by atoms with van der Waals surface area (Å²) in [6.45, 7) is 6.21. The van der Waals surface area contributed by atoms with Crippen molar-refractivity contribution in [2.24, 2.45) is 0 Å². The number of hydrogen-bond acceptors (Lipinski definition) is 6. The van der Waals surface area contributed by atoms with Crippen LogP contribution in [0.1, 0.15) is 25.8 Å². The Morgan fingerprint density at radius 3 is 2.75 bits per heavy atom. The van der Waals surface area contributed by atoms with Crippen molar-refractivity contribution in [1.82, 2.24) is 9.97 Å². The summed E-state index contributed by atoms with van der Waals surface area (Å²) >= 11 is 0. The maximum absolute atomic E-state index is 12.4. The molecule has 7 heteroatoms. The van der Waals surface area contributed by atoms with E-state index in [9.17, 15) is 4.21 Å². The van der Waals surface area contributed by atoms with Crippen LogP contribution in [0, 0.1) is 0 Å². The molecule has 1 aromatic heterocycles. The van der Waals surface area contributed by atoms with Crippen molar-refractivity contribution in [3.8, 4) is 0 Å². The third-order valence-corrected chi connectivity index (χ3v) is 5.14. The van der Waals surface area contributed by atoms with Gasteiger partial charge in [-0.1, -0.05) is 37.3 Å². The van der Waals surface area contributed by atoms with E-state index >= 15 is 0 Å². The van der Waals surface area contributed by atoms with Gasteiger partial charge in [0.15, 0.2) is 11.6 Å². The number of benzene rings is 1. The predicted molar refractivity (Wildman–Crippen MR) is 98.9 cm³/mol. The molecule has 24 heavy (non-hydrogen) atoms. The van der Waals surface area contributed by atoms with Crippen LogP contribution in [0.25, 0.3) is 0 Å². The van der Waals surface area contributed by atoms with E-state index in [0.29, 0.717) is 17.6 Å². The Hall–Kier alpha value is -2.15. The molecule has 2 aromatic rings. The minimum Gasteiger partial charge on any atom is -0.368 e. The topological polar surface area (TPSA) is 70.2 Å². The molecule has 6 nitrogen and oxygen atoms in total. The van der Waals surface area contributed by atoms with E-state index in [1.165, 1.54) is 5.56 Å². The summed E-state index contributed by atoms with van der Waals surface area (Å²) in [5, 5.41) is 7.03. The molecule has 1 aliphatic heterocycles. The predicted octanol–water partition coefficient (Wildman–Crippen LogP) is 2.82. The Labute approximate surface area is 145 Å². The number of nitrogens with zero attached hydrogens (tertiary/aromatic N) is 3. The van der Waals surface area contributed by atoms with Crippen LogP contribution >= 0.6 is 0 Å². The Morgan fingerprint density at radius 2 is 2.04 bits per heavy atom. The summed E-state index contributed by atoms with van der Waals surface area (Å²) < 4.78 is 12.4. The van der Waals surface area contributed by atoms with Crippen molar-refractivity contribution >= 4 is 28.1 Å². The lowest BCUT2D eigenvalue weighted by Crippen LogP contribution is -2.23. The highest BCUT2D eigenvalue weighted by Crippen LogP contribution is 2.36. The Bertz CT molecular complexity index is 722. The molecule has 128 valence electrons. The minimum absolute atomic E-state index is 0.410. The van der Waals surface area contributed by atoms with Crippen LogP contribution in [0.2, 0.25) is 0 Å². The lowest BCUT2D eigenvalue weighted by atomic mass is 10.2. The quantitative estimate of drug-likeness (QED) is 0.752. The van der Waals surface area contributed by atoms with Crippen LogP contribution < -0.4 is 15.5 Å². The molecule has 1 aromatic carbocycles. The molecule has 0 amide bonds. The third kappa shape index (κ3) is 3.51. The summed E-state index contributed by atoms with van der Waals surface area (Å²) in [7, 11) is -1.17. The highest BCUT2D eigenvalue weighted by Gasteiger charge is 2.26. The van der Waals surface area contributed by atoms with Crippen molar-refractivity contribution in [2.45, 2.75) is 32.0 Å². The van der Waals surface area contributed by atoms with E-state index in [1.54, 1.807) is 0 Å². The number of anilines is 3. The zero-order valence-corrected chi connectivity index (χ0v) is 14.9. The molecule has 0 radical (unpaired) electrons. The number of fused-ring (bicyclic) bond motifs is 1. The minimum atomic E-state index is -1.17. The summed E-state index contributed by atoms with van der Waals surface area (Å²) in [6.07, 6.45) is 0.843. The van der Waals surface area contributed by atoms with Gasteiger partial charge in [0, 0.05) is 18.8 Å². The summed E-state index contributed by atoms with van der Waals surface area (Å²) in [5.74, 6) is 2.14. The molecule has 1 atom stereocenters. The monoisotopic (exact) mass is 345 g/mol. The molecule has 2 N–H and O–H groups in total. The van der Waals surface area contributed by atoms with Crippen molar-refractivity contribution in [2.75, 3.05) is 34.5 Å². The maximum Gasteiger partial charge on any atom is 0.222 e. The molecule has 0 saturated carbocycles. The van der Waals surface area contributed by atoms with Gasteiger partial charge in [-0.25, -0.2) is 9.97 Å². The van der Waals surface area contributed by atoms with Gasteiger partial charge >= 0.3 is 0 Å². The van der Waals surface area contributed by atoms with Crippen LogP contribution in [0.15, 0.2) is 35.5 Å². The normalized spacial score (nSPS) is 14.2. The van der Waals surface area contributed by atoms with Crippen LogP contribution in [0.3, 0.4) is 0 Å². The van der Waals surface area contributed by atoms with Gasteiger partial charge in [0.2, 0.25) is 5.16 Å². The highest BCUT2D eigenvalue weighted by atomic mass is 32.2. The van der Waals surface area contributed by atoms with Crippen molar-refractivity contribution < 1.29 is 4.21 Å². The van der Waals surface area contributed by atoms with E-state index in [1.807, 2.05) is 32.0 Å². The van der Waals surface area contributed by atoms with E-state index in [0.717, 1.165) is 36.8 Å². The van der Waals surface area contributed by atoms with Gasteiger partial charge in [-0.2, -0.15) is 0 Å². The van der Waals surface area contributed by atoms with Gasteiger partial charge in [0.05, 0.1) is 17.5 Å². The first-order valence-electron chi connectivity index (χ1n) is 8.30. The van der Waals surface area contributed by atoms with E-state index < -0.39 is 10.8 Å². The molecular weight excluding hydrogens is 322 g/mol. The Balaban J connectivity index is 1.94. The first kappa shape index (κ1) is 16.7. The summed E-state index contributed by atoms with van der Waals surface area (Å²) in [6, 6.07) is 10.3. The van der Waals surface area contributed by atoms with Crippen LogP contribution in [-0.4, -0.2) is 33.1 Å². The van der Waals surface area contributed by atoms with Crippen LogP contribution in [0.5, 0.6) is 0 Å². The standard InChI is InChI=1S/C17H23N5OS/c1-3-10-24(23)17-20-15(18-4-2)14-16(21-17)22(12-19-14)11-13-8-6-5-7-9-13/h5-9,19H,3-4,10-12H2,1-2H3,(H,18,20,21). The molecule has 0 spiro atoms. The molecule has 0 fully saturated rings. The summed E-state index contributed by atoms with van der Waals surface area (Å²) in [4.78, 5) is 11.2. The molecule has 1 aliphatic rings. The van der Waals surface area contributed by atoms with Crippen molar-refractivity contribution in [3.63, 3.8) is 0 Å². The second-order valence-corrected chi connectivity index (χ2v) is 7.12. The Kier molecular flexibility index (Phi) is 5.30. The van der Waals surface area contributed by atoms with Gasteiger partial charge in [0.1, 0.15) is 5.69 Å². The fourth-order valence-electron chi connectivity index (χ4n) is 2.68. The van der Waals surface area contributed by atoms with Crippen molar-refractivity contribution in [1.29, 1.82) is 0 Å². The van der Waals surface area contributed by atoms with Gasteiger partial charge in [-0.3, -0.25) is 4.21 Å². The molecule has 3 rings (SSSR count). The number of rotatable bonds is 7. The molecule has 0 saturated heterocycles. The number of hydrogen-bond donors (Lipinski definition) is 2. The maximum atomic E-state index is 12.4. The molecule has 0 aliphatic carbocycles. The van der Waals surface area contributed by atoms with Crippen molar-refractivity contribution in [3.05, 3.63) is 35.9 Å². The SMILES string of the molecule is CCCS(=O)c1nc(NCC)c2c(n1)N(Cc1ccccc1)CN2. The third-order valence-electron chi connectivity index (χ3n) is 3.77. The second-order valence-electron chi connectivity index (χ2n) is 5.65. The molecule has 2 heterocycles. The smallest absolute Gasteiger partial charge is 0.222 e. The van der Waals surface area contributed by atoms with Gasteiger partial charge in [-0.15, -0.1) is 0 Å². The van der Waals surface area contributed by atoms with Gasteiger partial charge < -0.3 is 15.5 Å². The fourth-order valence-corrected chi connectivity index (χ4v) is 3.61. The zero-order valence-electron chi connectivity index (χ0n) is 14.1. The first-order chi connectivity index (χ1) is 11.7. The largest absolute Gasteiger partial charge is 0.368 e. The van der Waals surface area contributed by atoms with Crippen LogP contribution in [0.4, 0.5) is 17.3 Å². The average Bonchev–Trinajstić information content (AvgIpc) is 2.99. The van der Waals surface area contributed by atoms with Gasteiger partial charge in [-0.05, 0) is 18.9 Å². The lowest BCUT2D eigenvalue weighted by Gasteiger charge is -2.17. The van der Waals surface area contributed by atoms with Crippen LogP contribution in [-0.2, 0) is 17.3 Å². The molecule has 0 bridgehead atoms. The molecular formula is C17H23N5OS. The van der Waals surface area contributed by atoms with Gasteiger partial charge in [0.25, 0.3) is 0 Å². The number of aromatic nitrogens is 2.